The third-order valence-corrected chi connectivity index (χ3v) is 6.24. The van der Waals surface area contributed by atoms with E-state index in [9.17, 15) is 4.39 Å². The molecule has 2 fully saturated rings. The summed E-state index contributed by atoms with van der Waals surface area (Å²) >= 11 is 0. The van der Waals surface area contributed by atoms with Crippen molar-refractivity contribution < 1.29 is 4.39 Å². The fourth-order valence-corrected chi connectivity index (χ4v) is 4.45. The van der Waals surface area contributed by atoms with Gasteiger partial charge < -0.3 is 4.90 Å². The summed E-state index contributed by atoms with van der Waals surface area (Å²) < 4.78 is 16.0. The molecular formula is C21H30FN5. The van der Waals surface area contributed by atoms with Crippen LogP contribution < -0.4 is 4.90 Å². The predicted molar refractivity (Wildman–Crippen MR) is 106 cm³/mol. The van der Waals surface area contributed by atoms with Gasteiger partial charge in [0.2, 0.25) is 0 Å². The molecule has 0 spiro atoms. The number of likely N-dealkylation sites (tertiary alicyclic amines) is 1. The minimum atomic E-state index is -0.110. The Kier molecular flexibility index (Phi) is 5.45. The number of para-hydroxylation sites is 1. The van der Waals surface area contributed by atoms with Gasteiger partial charge in [0.05, 0.1) is 11.9 Å². The van der Waals surface area contributed by atoms with E-state index in [1.54, 1.807) is 12.1 Å². The van der Waals surface area contributed by atoms with E-state index in [1.165, 1.54) is 30.6 Å². The molecule has 0 amide bonds. The summed E-state index contributed by atoms with van der Waals surface area (Å²) in [6, 6.07) is 7.74. The fourth-order valence-electron chi connectivity index (χ4n) is 4.45. The molecule has 6 heteroatoms. The Hall–Kier alpha value is -1.92. The van der Waals surface area contributed by atoms with E-state index in [1.807, 2.05) is 30.1 Å². The summed E-state index contributed by atoms with van der Waals surface area (Å²) in [6.45, 7) is 9.25. The summed E-state index contributed by atoms with van der Waals surface area (Å²) in [4.78, 5) is 7.37. The topological polar surface area (TPSA) is 27.5 Å². The molecular weight excluding hydrogens is 341 g/mol. The zero-order chi connectivity index (χ0) is 18.8. The van der Waals surface area contributed by atoms with E-state index in [0.717, 1.165) is 45.0 Å². The first-order valence-corrected chi connectivity index (χ1v) is 10.0. The number of benzene rings is 1. The Morgan fingerprint density at radius 3 is 2.59 bits per heavy atom. The molecule has 1 atom stereocenters. The van der Waals surface area contributed by atoms with Crippen molar-refractivity contribution in [1.82, 2.24) is 19.6 Å². The Labute approximate surface area is 161 Å². The van der Waals surface area contributed by atoms with Crippen molar-refractivity contribution in [2.45, 2.75) is 32.4 Å². The molecule has 146 valence electrons. The number of piperidine rings is 1. The van der Waals surface area contributed by atoms with Gasteiger partial charge in [0.1, 0.15) is 5.82 Å². The number of aryl methyl sites for hydroxylation is 1. The first kappa shape index (κ1) is 18.4. The Bertz CT molecular complexity index is 766. The largest absolute Gasteiger partial charge is 0.367 e. The van der Waals surface area contributed by atoms with Crippen LogP contribution in [0.5, 0.6) is 0 Å². The molecule has 27 heavy (non-hydrogen) atoms. The van der Waals surface area contributed by atoms with Gasteiger partial charge in [-0.3, -0.25) is 14.5 Å². The number of halogens is 1. The SMILES string of the molecule is Cc1c(CN2CCC[C@@H](N3CCN(c4ccccc4F)CC3)C2)cnn1C. The van der Waals surface area contributed by atoms with Crippen molar-refractivity contribution in [3.63, 3.8) is 0 Å². The molecule has 0 N–H and O–H groups in total. The normalized spacial score (nSPS) is 22.3. The van der Waals surface area contributed by atoms with Crippen molar-refractivity contribution in [2.75, 3.05) is 44.2 Å². The molecule has 0 saturated carbocycles. The molecule has 0 aliphatic carbocycles. The van der Waals surface area contributed by atoms with Crippen LogP contribution in [0.2, 0.25) is 0 Å². The number of aromatic nitrogens is 2. The quantitative estimate of drug-likeness (QED) is 0.826. The van der Waals surface area contributed by atoms with Crippen LogP contribution in [0.3, 0.4) is 0 Å². The molecule has 0 bridgehead atoms. The first-order valence-electron chi connectivity index (χ1n) is 10.0. The minimum Gasteiger partial charge on any atom is -0.367 e. The lowest BCUT2D eigenvalue weighted by Crippen LogP contribution is -2.55. The molecule has 1 aromatic heterocycles. The summed E-state index contributed by atoms with van der Waals surface area (Å²) in [5, 5.41) is 4.38. The highest BCUT2D eigenvalue weighted by Gasteiger charge is 2.29. The third kappa shape index (κ3) is 4.01. The van der Waals surface area contributed by atoms with Crippen molar-refractivity contribution in [3.05, 3.63) is 47.5 Å². The van der Waals surface area contributed by atoms with Crippen molar-refractivity contribution in [3.8, 4) is 0 Å². The zero-order valence-electron chi connectivity index (χ0n) is 16.4. The van der Waals surface area contributed by atoms with Crippen LogP contribution in [0, 0.1) is 12.7 Å². The molecule has 4 rings (SSSR count). The molecule has 3 heterocycles. The summed E-state index contributed by atoms with van der Waals surface area (Å²) in [7, 11) is 2.01. The van der Waals surface area contributed by atoms with E-state index < -0.39 is 0 Å². The van der Waals surface area contributed by atoms with Gasteiger partial charge in [-0.05, 0) is 38.4 Å². The second-order valence-corrected chi connectivity index (χ2v) is 7.88. The summed E-state index contributed by atoms with van der Waals surface area (Å²) in [5.74, 6) is -0.110. The van der Waals surface area contributed by atoms with Crippen LogP contribution in [0.25, 0.3) is 0 Å². The Balaban J connectivity index is 1.33. The second-order valence-electron chi connectivity index (χ2n) is 7.88. The van der Waals surface area contributed by atoms with Crippen molar-refractivity contribution in [2.24, 2.45) is 7.05 Å². The van der Waals surface area contributed by atoms with Gasteiger partial charge in [-0.2, -0.15) is 5.10 Å². The molecule has 5 nitrogen and oxygen atoms in total. The van der Waals surface area contributed by atoms with Gasteiger partial charge in [0, 0.05) is 63.6 Å². The van der Waals surface area contributed by atoms with E-state index >= 15 is 0 Å². The number of anilines is 1. The van der Waals surface area contributed by atoms with Crippen LogP contribution in [0.1, 0.15) is 24.1 Å². The number of hydrogen-bond acceptors (Lipinski definition) is 4. The van der Waals surface area contributed by atoms with Gasteiger partial charge in [0.25, 0.3) is 0 Å². The van der Waals surface area contributed by atoms with Crippen molar-refractivity contribution in [1.29, 1.82) is 0 Å². The lowest BCUT2D eigenvalue weighted by molar-refractivity contribution is 0.0885. The summed E-state index contributed by atoms with van der Waals surface area (Å²) in [5.41, 5.74) is 3.34. The second kappa shape index (κ2) is 7.98. The maximum Gasteiger partial charge on any atom is 0.146 e. The number of nitrogens with zero attached hydrogens (tertiary/aromatic N) is 5. The van der Waals surface area contributed by atoms with Gasteiger partial charge in [-0.25, -0.2) is 4.39 Å². The Morgan fingerprint density at radius 2 is 1.89 bits per heavy atom. The highest BCUT2D eigenvalue weighted by molar-refractivity contribution is 5.48. The molecule has 0 radical (unpaired) electrons. The predicted octanol–water partition coefficient (Wildman–Crippen LogP) is 2.65. The van der Waals surface area contributed by atoms with Gasteiger partial charge in [-0.15, -0.1) is 0 Å². The van der Waals surface area contributed by atoms with Crippen LogP contribution in [-0.4, -0.2) is 64.9 Å². The van der Waals surface area contributed by atoms with E-state index in [2.05, 4.69) is 26.7 Å². The molecule has 2 aliphatic rings. The monoisotopic (exact) mass is 371 g/mol. The molecule has 2 saturated heterocycles. The van der Waals surface area contributed by atoms with Crippen LogP contribution in [0.4, 0.5) is 10.1 Å². The fraction of sp³-hybridized carbons (Fsp3) is 0.571. The van der Waals surface area contributed by atoms with Gasteiger partial charge in [0.15, 0.2) is 0 Å². The highest BCUT2D eigenvalue weighted by Crippen LogP contribution is 2.24. The smallest absolute Gasteiger partial charge is 0.146 e. The van der Waals surface area contributed by atoms with E-state index in [0.29, 0.717) is 6.04 Å². The average molecular weight is 372 g/mol. The molecule has 1 aromatic carbocycles. The standard InChI is InChI=1S/C21H30FN5/c1-17-18(14-23-24(17)2)15-25-9-5-6-19(16-25)26-10-12-27(13-11-26)21-8-4-3-7-20(21)22/h3-4,7-8,14,19H,5-6,9-13,15-16H2,1-2H3/t19-/m1/s1. The number of rotatable bonds is 4. The van der Waals surface area contributed by atoms with Crippen LogP contribution >= 0.6 is 0 Å². The van der Waals surface area contributed by atoms with E-state index in [-0.39, 0.29) is 5.82 Å². The molecule has 2 aromatic rings. The lowest BCUT2D eigenvalue weighted by Gasteiger charge is -2.44. The van der Waals surface area contributed by atoms with Crippen molar-refractivity contribution >= 4 is 5.69 Å². The maximum atomic E-state index is 14.0. The number of hydrogen-bond donors (Lipinski definition) is 0. The first-order chi connectivity index (χ1) is 13.1. The Morgan fingerprint density at radius 1 is 1.11 bits per heavy atom. The maximum absolute atomic E-state index is 14.0. The van der Waals surface area contributed by atoms with Crippen LogP contribution in [0.15, 0.2) is 30.5 Å². The minimum absolute atomic E-state index is 0.110. The van der Waals surface area contributed by atoms with Gasteiger partial charge in [-0.1, -0.05) is 12.1 Å². The van der Waals surface area contributed by atoms with Crippen LogP contribution in [-0.2, 0) is 13.6 Å². The third-order valence-electron chi connectivity index (χ3n) is 6.24. The number of piperazine rings is 1. The lowest BCUT2D eigenvalue weighted by atomic mass is 10.0. The van der Waals surface area contributed by atoms with Gasteiger partial charge >= 0.3 is 0 Å². The highest BCUT2D eigenvalue weighted by atomic mass is 19.1. The van der Waals surface area contributed by atoms with E-state index in [4.69, 9.17) is 0 Å². The zero-order valence-corrected chi connectivity index (χ0v) is 16.4. The average Bonchev–Trinajstić information content (AvgIpc) is 3.01. The summed E-state index contributed by atoms with van der Waals surface area (Å²) in [6.07, 6.45) is 4.52. The molecule has 0 unspecified atom stereocenters. The molecule has 2 aliphatic heterocycles.